The molecule has 1 aromatic rings. The summed E-state index contributed by atoms with van der Waals surface area (Å²) in [4.78, 5) is 8.23. The van der Waals surface area contributed by atoms with Gasteiger partial charge in [0.1, 0.15) is 5.82 Å². The summed E-state index contributed by atoms with van der Waals surface area (Å²) in [5, 5.41) is 0. The van der Waals surface area contributed by atoms with Crippen LogP contribution in [-0.4, -0.2) is 32.2 Å². The van der Waals surface area contributed by atoms with E-state index in [-0.39, 0.29) is 5.82 Å². The monoisotopic (exact) mass is 209 g/mol. The Hall–Kier alpha value is -1.32. The van der Waals surface area contributed by atoms with Crippen LogP contribution >= 0.6 is 0 Å². The third-order valence-electron chi connectivity index (χ3n) is 2.68. The normalized spacial score (nSPS) is 15.8. The van der Waals surface area contributed by atoms with Crippen LogP contribution in [-0.2, 0) is 0 Å². The van der Waals surface area contributed by atoms with Crippen molar-refractivity contribution in [3.8, 4) is 0 Å². The predicted octanol–water partition coefficient (Wildman–Crippen LogP) is 1.89. The van der Waals surface area contributed by atoms with E-state index in [1.807, 2.05) is 23.9 Å². The van der Waals surface area contributed by atoms with E-state index in [0.717, 1.165) is 31.7 Å². The van der Waals surface area contributed by atoms with Gasteiger partial charge in [-0.3, -0.25) is 0 Å². The van der Waals surface area contributed by atoms with Crippen LogP contribution in [0.25, 0.3) is 0 Å². The summed E-state index contributed by atoms with van der Waals surface area (Å²) in [7, 11) is 3.82. The summed E-state index contributed by atoms with van der Waals surface area (Å²) < 4.78 is 13.6. The van der Waals surface area contributed by atoms with Crippen LogP contribution in [0.15, 0.2) is 12.1 Å². The highest BCUT2D eigenvalue weighted by atomic mass is 19.1. The fourth-order valence-corrected chi connectivity index (χ4v) is 1.82. The second-order valence-corrected chi connectivity index (χ2v) is 4.06. The van der Waals surface area contributed by atoms with Gasteiger partial charge in [0.2, 0.25) is 0 Å². The zero-order chi connectivity index (χ0) is 10.8. The molecule has 1 fully saturated rings. The Bertz CT molecular complexity index is 346. The van der Waals surface area contributed by atoms with Gasteiger partial charge in [-0.15, -0.1) is 0 Å². The van der Waals surface area contributed by atoms with Crippen LogP contribution in [0.2, 0.25) is 0 Å². The number of rotatable bonds is 2. The summed E-state index contributed by atoms with van der Waals surface area (Å²) >= 11 is 0. The van der Waals surface area contributed by atoms with Crippen LogP contribution in [0.5, 0.6) is 0 Å². The summed E-state index contributed by atoms with van der Waals surface area (Å²) in [6.07, 6.45) is 2.26. The lowest BCUT2D eigenvalue weighted by molar-refractivity contribution is 0.615. The maximum Gasteiger partial charge on any atom is 0.167 e. The molecule has 4 heteroatoms. The molecule has 0 N–H and O–H groups in total. The van der Waals surface area contributed by atoms with Crippen molar-refractivity contribution >= 4 is 11.6 Å². The molecule has 2 heterocycles. The number of pyridine rings is 1. The second-order valence-electron chi connectivity index (χ2n) is 4.06. The standard InChI is InChI=1S/C11H16FN3/c1-14(2)10-6-5-9(12)11(13-10)15-7-3-4-8-15/h5-6H,3-4,7-8H2,1-2H3. The third-order valence-corrected chi connectivity index (χ3v) is 2.68. The van der Waals surface area contributed by atoms with E-state index >= 15 is 0 Å². The van der Waals surface area contributed by atoms with Gasteiger partial charge >= 0.3 is 0 Å². The summed E-state index contributed by atoms with van der Waals surface area (Å²) in [5.41, 5.74) is 0. The second kappa shape index (κ2) is 4.04. The molecule has 1 saturated heterocycles. The van der Waals surface area contributed by atoms with Crippen LogP contribution in [0.4, 0.5) is 16.0 Å². The van der Waals surface area contributed by atoms with E-state index < -0.39 is 0 Å². The first kappa shape index (κ1) is 10.2. The van der Waals surface area contributed by atoms with Gasteiger partial charge in [-0.25, -0.2) is 9.37 Å². The fourth-order valence-electron chi connectivity index (χ4n) is 1.82. The third kappa shape index (κ3) is 2.03. The number of nitrogens with zero attached hydrogens (tertiary/aromatic N) is 3. The van der Waals surface area contributed by atoms with E-state index in [9.17, 15) is 4.39 Å². The molecule has 0 bridgehead atoms. The molecule has 15 heavy (non-hydrogen) atoms. The van der Waals surface area contributed by atoms with E-state index in [4.69, 9.17) is 0 Å². The minimum atomic E-state index is -0.220. The van der Waals surface area contributed by atoms with E-state index in [2.05, 4.69) is 4.98 Å². The van der Waals surface area contributed by atoms with Crippen molar-refractivity contribution in [2.24, 2.45) is 0 Å². The van der Waals surface area contributed by atoms with Crippen molar-refractivity contribution in [3.63, 3.8) is 0 Å². The largest absolute Gasteiger partial charge is 0.363 e. The van der Waals surface area contributed by atoms with Crippen molar-refractivity contribution in [2.75, 3.05) is 37.0 Å². The highest BCUT2D eigenvalue weighted by molar-refractivity contribution is 5.49. The van der Waals surface area contributed by atoms with E-state index in [1.54, 1.807) is 6.07 Å². The molecule has 0 aromatic carbocycles. The molecule has 1 aliphatic rings. The zero-order valence-corrected chi connectivity index (χ0v) is 9.20. The van der Waals surface area contributed by atoms with Crippen molar-refractivity contribution in [3.05, 3.63) is 17.9 Å². The first-order valence-corrected chi connectivity index (χ1v) is 5.27. The Morgan fingerprint density at radius 2 is 1.93 bits per heavy atom. The number of aromatic nitrogens is 1. The van der Waals surface area contributed by atoms with Gasteiger partial charge in [0.25, 0.3) is 0 Å². The Labute approximate surface area is 89.5 Å². The smallest absolute Gasteiger partial charge is 0.167 e. The van der Waals surface area contributed by atoms with E-state index in [0.29, 0.717) is 5.82 Å². The minimum Gasteiger partial charge on any atom is -0.363 e. The van der Waals surface area contributed by atoms with Gasteiger partial charge in [-0.05, 0) is 25.0 Å². The molecule has 2 rings (SSSR count). The minimum absolute atomic E-state index is 0.220. The maximum absolute atomic E-state index is 13.6. The highest BCUT2D eigenvalue weighted by Crippen LogP contribution is 2.23. The summed E-state index contributed by atoms with van der Waals surface area (Å²) in [6, 6.07) is 3.20. The van der Waals surface area contributed by atoms with E-state index in [1.165, 1.54) is 6.07 Å². The lowest BCUT2D eigenvalue weighted by Crippen LogP contribution is -2.22. The van der Waals surface area contributed by atoms with Gasteiger partial charge in [-0.2, -0.15) is 0 Å². The molecule has 82 valence electrons. The number of anilines is 2. The Morgan fingerprint density at radius 1 is 1.27 bits per heavy atom. The Morgan fingerprint density at radius 3 is 2.53 bits per heavy atom. The molecule has 0 amide bonds. The molecule has 1 aromatic heterocycles. The topological polar surface area (TPSA) is 19.4 Å². The quantitative estimate of drug-likeness (QED) is 0.741. The van der Waals surface area contributed by atoms with Crippen LogP contribution in [0.1, 0.15) is 12.8 Å². The van der Waals surface area contributed by atoms with Gasteiger partial charge < -0.3 is 9.80 Å². The molecule has 0 atom stereocenters. The zero-order valence-electron chi connectivity index (χ0n) is 9.20. The molecular weight excluding hydrogens is 193 g/mol. The van der Waals surface area contributed by atoms with Crippen LogP contribution < -0.4 is 9.80 Å². The van der Waals surface area contributed by atoms with Gasteiger partial charge in [0.15, 0.2) is 11.6 Å². The molecule has 0 saturated carbocycles. The van der Waals surface area contributed by atoms with Gasteiger partial charge in [-0.1, -0.05) is 0 Å². The van der Waals surface area contributed by atoms with Crippen molar-refractivity contribution in [2.45, 2.75) is 12.8 Å². The first-order chi connectivity index (χ1) is 7.18. The lowest BCUT2D eigenvalue weighted by atomic mass is 10.4. The molecule has 1 aliphatic heterocycles. The highest BCUT2D eigenvalue weighted by Gasteiger charge is 2.18. The van der Waals surface area contributed by atoms with Crippen LogP contribution in [0.3, 0.4) is 0 Å². The summed E-state index contributed by atoms with van der Waals surface area (Å²) in [6.45, 7) is 1.83. The average molecular weight is 209 g/mol. The fraction of sp³-hybridized carbons (Fsp3) is 0.545. The van der Waals surface area contributed by atoms with Crippen molar-refractivity contribution in [1.82, 2.24) is 4.98 Å². The first-order valence-electron chi connectivity index (χ1n) is 5.27. The lowest BCUT2D eigenvalue weighted by Gasteiger charge is -2.19. The van der Waals surface area contributed by atoms with Crippen molar-refractivity contribution < 1.29 is 4.39 Å². The van der Waals surface area contributed by atoms with Gasteiger partial charge in [0.05, 0.1) is 0 Å². The van der Waals surface area contributed by atoms with Crippen LogP contribution in [0, 0.1) is 5.82 Å². The molecule has 3 nitrogen and oxygen atoms in total. The number of hydrogen-bond acceptors (Lipinski definition) is 3. The molecule has 0 spiro atoms. The Kier molecular flexibility index (Phi) is 2.75. The predicted molar refractivity (Wildman–Crippen MR) is 60.0 cm³/mol. The Balaban J connectivity index is 2.31. The molecule has 0 aliphatic carbocycles. The number of hydrogen-bond donors (Lipinski definition) is 0. The van der Waals surface area contributed by atoms with Crippen molar-refractivity contribution in [1.29, 1.82) is 0 Å². The summed E-state index contributed by atoms with van der Waals surface area (Å²) in [5.74, 6) is 1.08. The average Bonchev–Trinajstić information content (AvgIpc) is 2.71. The number of halogens is 1. The van der Waals surface area contributed by atoms with Gasteiger partial charge in [0, 0.05) is 27.2 Å². The maximum atomic E-state index is 13.6. The SMILES string of the molecule is CN(C)c1ccc(F)c(N2CCCC2)n1. The molecular formula is C11H16FN3. The molecule has 0 unspecified atom stereocenters. The molecule has 0 radical (unpaired) electrons.